The molecule has 3 aromatic rings. The van der Waals surface area contributed by atoms with Gasteiger partial charge in [0.2, 0.25) is 23.9 Å². The molecule has 10 nitrogen and oxygen atoms in total. The van der Waals surface area contributed by atoms with E-state index in [0.29, 0.717) is 17.1 Å². The number of nitrogens with zero attached hydrogens (tertiary/aromatic N) is 4. The number of benzene rings is 2. The molecule has 0 saturated heterocycles. The van der Waals surface area contributed by atoms with E-state index in [1.165, 1.54) is 24.1 Å². The van der Waals surface area contributed by atoms with Gasteiger partial charge >= 0.3 is 0 Å². The molecular weight excluding hydrogens is 496 g/mol. The van der Waals surface area contributed by atoms with Gasteiger partial charge in [-0.1, -0.05) is 15.9 Å². The molecule has 1 aromatic heterocycles. The number of amides is 1. The normalized spacial score (nSPS) is 14.9. The molecule has 11 heteroatoms. The molecule has 1 aliphatic rings. The lowest BCUT2D eigenvalue weighted by atomic mass is 10.2. The molecule has 4 rings (SSSR count). The Morgan fingerprint density at radius 2 is 1.82 bits per heavy atom. The second-order valence-corrected chi connectivity index (χ2v) is 7.76. The summed E-state index contributed by atoms with van der Waals surface area (Å²) in [5.74, 6) is 1.32. The average Bonchev–Trinajstić information content (AvgIpc) is 3.24. The number of halogens is 1. The second kappa shape index (κ2) is 9.65. The Morgan fingerprint density at radius 3 is 2.42 bits per heavy atom. The number of carbonyl (C=O) groups is 1. The van der Waals surface area contributed by atoms with Gasteiger partial charge in [0.05, 0.1) is 4.92 Å². The first-order valence-corrected chi connectivity index (χ1v) is 10.5. The predicted molar refractivity (Wildman–Crippen MR) is 121 cm³/mol. The van der Waals surface area contributed by atoms with Crippen molar-refractivity contribution < 1.29 is 23.9 Å². The molecule has 168 valence electrons. The number of hydrogen-bond donors (Lipinski definition) is 0. The van der Waals surface area contributed by atoms with Gasteiger partial charge < -0.3 is 14.2 Å². The van der Waals surface area contributed by atoms with E-state index in [9.17, 15) is 14.9 Å². The number of rotatable bonds is 7. The Balaban J connectivity index is 1.41. The van der Waals surface area contributed by atoms with E-state index >= 15 is 0 Å². The standard InChI is InChI=1S/C22H17BrN4O6/c1-14(28)26-21(13-31-18-9-4-16(23)5-10-18)33-22(25-26)15-2-7-19(8-3-15)32-20-11-6-17(12-24-20)27(29)30/h2-12,21H,13H2,1H3. The van der Waals surface area contributed by atoms with E-state index in [0.717, 1.165) is 10.7 Å². The molecule has 1 atom stereocenters. The van der Waals surface area contributed by atoms with Crippen LogP contribution in [0, 0.1) is 10.1 Å². The maximum Gasteiger partial charge on any atom is 0.287 e. The van der Waals surface area contributed by atoms with Crippen LogP contribution in [0.3, 0.4) is 0 Å². The third-order valence-corrected chi connectivity index (χ3v) is 5.03. The van der Waals surface area contributed by atoms with Gasteiger partial charge in [-0.3, -0.25) is 14.9 Å². The van der Waals surface area contributed by atoms with Crippen molar-refractivity contribution in [2.24, 2.45) is 5.10 Å². The molecule has 0 spiro atoms. The first kappa shape index (κ1) is 22.2. The fourth-order valence-electron chi connectivity index (χ4n) is 2.89. The highest BCUT2D eigenvalue weighted by atomic mass is 79.9. The molecule has 0 fully saturated rings. The minimum Gasteiger partial charge on any atom is -0.488 e. The summed E-state index contributed by atoms with van der Waals surface area (Å²) in [6.07, 6.45) is 0.416. The van der Waals surface area contributed by atoms with Crippen LogP contribution in [0.2, 0.25) is 0 Å². The SMILES string of the molecule is CC(=O)N1N=C(c2ccc(Oc3ccc([N+](=O)[O-])cn3)cc2)OC1COc1ccc(Br)cc1. The zero-order valence-corrected chi connectivity index (χ0v) is 18.8. The third-order valence-electron chi connectivity index (χ3n) is 4.50. The van der Waals surface area contributed by atoms with Crippen molar-refractivity contribution in [3.05, 3.63) is 87.0 Å². The maximum atomic E-state index is 12.0. The summed E-state index contributed by atoms with van der Waals surface area (Å²) >= 11 is 3.37. The van der Waals surface area contributed by atoms with Gasteiger partial charge in [-0.15, -0.1) is 5.10 Å². The quantitative estimate of drug-likeness (QED) is 0.338. The Labute approximate surface area is 196 Å². The first-order chi connectivity index (χ1) is 15.9. The van der Waals surface area contributed by atoms with Crippen LogP contribution in [0.25, 0.3) is 0 Å². The van der Waals surface area contributed by atoms with Crippen molar-refractivity contribution in [3.63, 3.8) is 0 Å². The summed E-state index contributed by atoms with van der Waals surface area (Å²) in [5, 5.41) is 16.2. The molecular formula is C22H17BrN4O6. The lowest BCUT2D eigenvalue weighted by Crippen LogP contribution is -2.36. The zero-order chi connectivity index (χ0) is 23.4. The number of pyridine rings is 1. The van der Waals surface area contributed by atoms with E-state index in [1.807, 2.05) is 12.1 Å². The van der Waals surface area contributed by atoms with Crippen LogP contribution < -0.4 is 9.47 Å². The van der Waals surface area contributed by atoms with Gasteiger partial charge in [0.1, 0.15) is 24.3 Å². The number of nitro groups is 1. The molecule has 0 aliphatic carbocycles. The van der Waals surface area contributed by atoms with Crippen molar-refractivity contribution in [1.82, 2.24) is 9.99 Å². The molecule has 1 unspecified atom stereocenters. The van der Waals surface area contributed by atoms with Crippen molar-refractivity contribution in [2.75, 3.05) is 6.61 Å². The fourth-order valence-corrected chi connectivity index (χ4v) is 3.16. The average molecular weight is 513 g/mol. The van der Waals surface area contributed by atoms with Gasteiger partial charge in [-0.05, 0) is 48.5 Å². The summed E-state index contributed by atoms with van der Waals surface area (Å²) in [5.41, 5.74) is 0.513. The van der Waals surface area contributed by atoms with Crippen molar-refractivity contribution >= 4 is 33.4 Å². The lowest BCUT2D eigenvalue weighted by Gasteiger charge is -2.19. The third kappa shape index (κ3) is 5.44. The fraction of sp³-hybridized carbons (Fsp3) is 0.136. The number of aromatic nitrogens is 1. The first-order valence-electron chi connectivity index (χ1n) is 9.71. The number of ether oxygens (including phenoxy) is 3. The Bertz CT molecular complexity index is 1180. The molecule has 2 aromatic carbocycles. The summed E-state index contributed by atoms with van der Waals surface area (Å²) in [7, 11) is 0. The Hall–Kier alpha value is -3.99. The van der Waals surface area contributed by atoms with E-state index in [-0.39, 0.29) is 30.0 Å². The van der Waals surface area contributed by atoms with E-state index in [4.69, 9.17) is 14.2 Å². The van der Waals surface area contributed by atoms with Gasteiger partial charge in [0, 0.05) is 29.1 Å². The number of carbonyl (C=O) groups excluding carboxylic acids is 1. The summed E-state index contributed by atoms with van der Waals surface area (Å²) in [4.78, 5) is 26.1. The van der Waals surface area contributed by atoms with Gasteiger partial charge in [-0.25, -0.2) is 4.98 Å². The molecule has 0 radical (unpaired) electrons. The van der Waals surface area contributed by atoms with Crippen LogP contribution >= 0.6 is 15.9 Å². The van der Waals surface area contributed by atoms with Crippen molar-refractivity contribution in [2.45, 2.75) is 13.2 Å². The summed E-state index contributed by atoms with van der Waals surface area (Å²) in [6, 6.07) is 16.8. The molecule has 1 aliphatic heterocycles. The molecule has 33 heavy (non-hydrogen) atoms. The highest BCUT2D eigenvalue weighted by Gasteiger charge is 2.32. The van der Waals surface area contributed by atoms with Crippen LogP contribution in [-0.4, -0.2) is 39.6 Å². The highest BCUT2D eigenvalue weighted by molar-refractivity contribution is 9.10. The van der Waals surface area contributed by atoms with E-state index in [2.05, 4.69) is 26.0 Å². The Morgan fingerprint density at radius 1 is 1.12 bits per heavy atom. The highest BCUT2D eigenvalue weighted by Crippen LogP contribution is 2.24. The van der Waals surface area contributed by atoms with Crippen LogP contribution in [0.1, 0.15) is 12.5 Å². The molecule has 1 amide bonds. The largest absolute Gasteiger partial charge is 0.488 e. The van der Waals surface area contributed by atoms with Gasteiger partial charge in [0.25, 0.3) is 5.69 Å². The van der Waals surface area contributed by atoms with Crippen molar-refractivity contribution in [3.8, 4) is 17.4 Å². The summed E-state index contributed by atoms with van der Waals surface area (Å²) < 4.78 is 18.1. The monoisotopic (exact) mass is 512 g/mol. The molecule has 0 bridgehead atoms. The van der Waals surface area contributed by atoms with Crippen LogP contribution in [0.15, 0.2) is 76.4 Å². The van der Waals surface area contributed by atoms with Crippen LogP contribution in [0.4, 0.5) is 5.69 Å². The van der Waals surface area contributed by atoms with Crippen LogP contribution in [0.5, 0.6) is 17.4 Å². The predicted octanol–water partition coefficient (Wildman–Crippen LogP) is 4.49. The maximum absolute atomic E-state index is 12.0. The number of hydrazone groups is 1. The minimum absolute atomic E-state index is 0.0984. The molecule has 0 N–H and O–H groups in total. The smallest absolute Gasteiger partial charge is 0.287 e. The second-order valence-electron chi connectivity index (χ2n) is 6.84. The van der Waals surface area contributed by atoms with Crippen LogP contribution in [-0.2, 0) is 9.53 Å². The van der Waals surface area contributed by atoms with Crippen molar-refractivity contribution in [1.29, 1.82) is 0 Å². The van der Waals surface area contributed by atoms with E-state index < -0.39 is 11.2 Å². The Kier molecular flexibility index (Phi) is 6.50. The van der Waals surface area contributed by atoms with E-state index in [1.54, 1.807) is 36.4 Å². The lowest BCUT2D eigenvalue weighted by molar-refractivity contribution is -0.385. The van der Waals surface area contributed by atoms with Gasteiger partial charge in [-0.2, -0.15) is 5.01 Å². The zero-order valence-electron chi connectivity index (χ0n) is 17.3. The summed E-state index contributed by atoms with van der Waals surface area (Å²) in [6.45, 7) is 1.50. The minimum atomic E-state index is -0.707. The molecule has 0 saturated carbocycles. The topological polar surface area (TPSA) is 116 Å². The molecule has 2 heterocycles. The number of hydrogen-bond acceptors (Lipinski definition) is 8. The van der Waals surface area contributed by atoms with Gasteiger partial charge in [0.15, 0.2) is 0 Å².